The third-order valence-corrected chi connectivity index (χ3v) is 3.58. The van der Waals surface area contributed by atoms with Crippen molar-refractivity contribution in [3.8, 4) is 0 Å². The fourth-order valence-electron chi connectivity index (χ4n) is 2.60. The van der Waals surface area contributed by atoms with Crippen molar-refractivity contribution in [2.45, 2.75) is 45.8 Å². The van der Waals surface area contributed by atoms with Crippen LogP contribution < -0.4 is 0 Å². The van der Waals surface area contributed by atoms with Crippen LogP contribution in [-0.4, -0.2) is 12.2 Å². The number of ether oxygens (including phenoxy) is 1. The Bertz CT molecular complexity index is 209. The molecule has 0 aromatic heterocycles. The average molecular weight is 180 g/mol. The molecule has 74 valence electrons. The van der Waals surface area contributed by atoms with Crippen molar-refractivity contribution in [1.29, 1.82) is 0 Å². The zero-order chi connectivity index (χ0) is 9.42. The molecular weight excluding hydrogens is 160 g/mol. The van der Waals surface area contributed by atoms with Crippen LogP contribution in [0.15, 0.2) is 12.2 Å². The van der Waals surface area contributed by atoms with Gasteiger partial charge in [0.25, 0.3) is 0 Å². The molecule has 13 heavy (non-hydrogen) atoms. The quantitative estimate of drug-likeness (QED) is 0.470. The number of epoxide rings is 1. The van der Waals surface area contributed by atoms with Crippen LogP contribution in [0.5, 0.6) is 0 Å². The van der Waals surface area contributed by atoms with Gasteiger partial charge in [-0.3, -0.25) is 0 Å². The average Bonchev–Trinajstić information content (AvgIpc) is 2.88. The number of allylic oxidation sites excluding steroid dienone is 2. The molecule has 0 radical (unpaired) electrons. The fourth-order valence-corrected chi connectivity index (χ4v) is 2.60. The van der Waals surface area contributed by atoms with Crippen LogP contribution in [0, 0.1) is 17.8 Å². The van der Waals surface area contributed by atoms with Gasteiger partial charge in [0.05, 0.1) is 12.2 Å². The second-order valence-electron chi connectivity index (χ2n) is 4.64. The third-order valence-electron chi connectivity index (χ3n) is 3.58. The maximum absolute atomic E-state index is 5.68. The number of hydrogen-bond donors (Lipinski definition) is 0. The van der Waals surface area contributed by atoms with Crippen LogP contribution in [0.3, 0.4) is 0 Å². The minimum atomic E-state index is 0.579. The van der Waals surface area contributed by atoms with Gasteiger partial charge in [0.2, 0.25) is 0 Å². The third kappa shape index (κ3) is 1.67. The van der Waals surface area contributed by atoms with Crippen LogP contribution in [0.2, 0.25) is 0 Å². The van der Waals surface area contributed by atoms with Crippen molar-refractivity contribution in [2.24, 2.45) is 17.8 Å². The first-order valence-corrected chi connectivity index (χ1v) is 5.56. The van der Waals surface area contributed by atoms with Crippen molar-refractivity contribution < 1.29 is 4.74 Å². The van der Waals surface area contributed by atoms with E-state index < -0.39 is 0 Å². The summed E-state index contributed by atoms with van der Waals surface area (Å²) < 4.78 is 5.68. The van der Waals surface area contributed by atoms with Gasteiger partial charge in [-0.15, -0.1) is 0 Å². The SMILES string of the molecule is CCC=CC1CC(C)C2OC2C1C. The van der Waals surface area contributed by atoms with Crippen molar-refractivity contribution in [3.05, 3.63) is 12.2 Å². The second kappa shape index (κ2) is 3.45. The predicted octanol–water partition coefficient (Wildman–Crippen LogP) is 3.01. The van der Waals surface area contributed by atoms with Crippen molar-refractivity contribution in [1.82, 2.24) is 0 Å². The summed E-state index contributed by atoms with van der Waals surface area (Å²) in [6.45, 7) is 6.86. The number of rotatable bonds is 2. The van der Waals surface area contributed by atoms with Crippen molar-refractivity contribution in [3.63, 3.8) is 0 Å². The first kappa shape index (κ1) is 9.26. The molecular formula is C12H20O. The van der Waals surface area contributed by atoms with Crippen LogP contribution in [0.1, 0.15) is 33.6 Å². The van der Waals surface area contributed by atoms with E-state index in [0.29, 0.717) is 12.2 Å². The lowest BCUT2D eigenvalue weighted by Crippen LogP contribution is -2.27. The highest BCUT2D eigenvalue weighted by Gasteiger charge is 2.52. The lowest BCUT2D eigenvalue weighted by atomic mass is 9.75. The minimum absolute atomic E-state index is 0.579. The molecule has 5 unspecified atom stereocenters. The largest absolute Gasteiger partial charge is 0.369 e. The van der Waals surface area contributed by atoms with E-state index in [1.54, 1.807) is 0 Å². The Labute approximate surface area is 81.2 Å². The molecule has 0 aromatic carbocycles. The summed E-state index contributed by atoms with van der Waals surface area (Å²) >= 11 is 0. The molecule has 1 saturated heterocycles. The summed E-state index contributed by atoms with van der Waals surface area (Å²) in [4.78, 5) is 0. The van der Waals surface area contributed by atoms with E-state index in [0.717, 1.165) is 24.2 Å². The normalized spacial score (nSPS) is 49.3. The zero-order valence-electron chi connectivity index (χ0n) is 8.86. The Kier molecular flexibility index (Phi) is 2.46. The Morgan fingerprint density at radius 3 is 2.77 bits per heavy atom. The van der Waals surface area contributed by atoms with E-state index in [2.05, 4.69) is 32.9 Å². The molecule has 0 amide bonds. The Balaban J connectivity index is 1.98. The molecule has 0 bridgehead atoms. The van der Waals surface area contributed by atoms with Gasteiger partial charge < -0.3 is 4.74 Å². The van der Waals surface area contributed by atoms with Gasteiger partial charge in [-0.1, -0.05) is 32.9 Å². The van der Waals surface area contributed by atoms with E-state index in [1.807, 2.05) is 0 Å². The molecule has 5 atom stereocenters. The molecule has 0 aromatic rings. The summed E-state index contributed by atoms with van der Waals surface area (Å²) in [6, 6.07) is 0. The molecule has 2 fully saturated rings. The molecule has 0 spiro atoms. The molecule has 2 aliphatic rings. The van der Waals surface area contributed by atoms with Gasteiger partial charge in [0.15, 0.2) is 0 Å². The first-order chi connectivity index (χ1) is 6.24. The number of fused-ring (bicyclic) bond motifs is 1. The van der Waals surface area contributed by atoms with E-state index in [1.165, 1.54) is 6.42 Å². The van der Waals surface area contributed by atoms with Crippen LogP contribution >= 0.6 is 0 Å². The van der Waals surface area contributed by atoms with Crippen LogP contribution in [0.4, 0.5) is 0 Å². The molecule has 2 rings (SSSR count). The smallest absolute Gasteiger partial charge is 0.0875 e. The molecule has 0 N–H and O–H groups in total. The van der Waals surface area contributed by atoms with Crippen LogP contribution in [0.25, 0.3) is 0 Å². The Morgan fingerprint density at radius 2 is 2.08 bits per heavy atom. The molecule has 1 saturated carbocycles. The lowest BCUT2D eigenvalue weighted by molar-refractivity contribution is 0.285. The van der Waals surface area contributed by atoms with E-state index >= 15 is 0 Å². The molecule has 1 aliphatic carbocycles. The standard InChI is InChI=1S/C12H20O/c1-4-5-6-10-7-8(2)11-12(13-11)9(10)3/h5-6,8-12H,4,7H2,1-3H3. The molecule has 1 heteroatoms. The van der Waals surface area contributed by atoms with Gasteiger partial charge in [-0.05, 0) is 30.6 Å². The second-order valence-corrected chi connectivity index (χ2v) is 4.64. The fraction of sp³-hybridized carbons (Fsp3) is 0.833. The van der Waals surface area contributed by atoms with E-state index in [-0.39, 0.29) is 0 Å². The highest BCUT2D eigenvalue weighted by Crippen LogP contribution is 2.47. The van der Waals surface area contributed by atoms with Crippen molar-refractivity contribution in [2.75, 3.05) is 0 Å². The zero-order valence-corrected chi connectivity index (χ0v) is 8.86. The van der Waals surface area contributed by atoms with Crippen LogP contribution in [-0.2, 0) is 4.74 Å². The summed E-state index contributed by atoms with van der Waals surface area (Å²) in [7, 11) is 0. The number of hydrogen-bond acceptors (Lipinski definition) is 1. The lowest BCUT2D eigenvalue weighted by Gasteiger charge is -2.27. The molecule has 1 heterocycles. The Hall–Kier alpha value is -0.300. The monoisotopic (exact) mass is 180 g/mol. The summed E-state index contributed by atoms with van der Waals surface area (Å²) in [5.41, 5.74) is 0. The topological polar surface area (TPSA) is 12.5 Å². The first-order valence-electron chi connectivity index (χ1n) is 5.56. The van der Waals surface area contributed by atoms with Gasteiger partial charge in [-0.25, -0.2) is 0 Å². The summed E-state index contributed by atoms with van der Waals surface area (Å²) in [6.07, 6.45) is 8.36. The van der Waals surface area contributed by atoms with Crippen molar-refractivity contribution >= 4 is 0 Å². The highest BCUT2D eigenvalue weighted by atomic mass is 16.6. The maximum atomic E-state index is 5.68. The summed E-state index contributed by atoms with van der Waals surface area (Å²) in [5.74, 6) is 2.27. The highest BCUT2D eigenvalue weighted by molar-refractivity contribution is 5.05. The van der Waals surface area contributed by atoms with Gasteiger partial charge in [0.1, 0.15) is 0 Å². The minimum Gasteiger partial charge on any atom is -0.369 e. The van der Waals surface area contributed by atoms with Gasteiger partial charge in [-0.2, -0.15) is 0 Å². The van der Waals surface area contributed by atoms with E-state index in [4.69, 9.17) is 4.74 Å². The van der Waals surface area contributed by atoms with Gasteiger partial charge in [0, 0.05) is 0 Å². The van der Waals surface area contributed by atoms with Gasteiger partial charge >= 0.3 is 0 Å². The molecule has 1 aliphatic heterocycles. The van der Waals surface area contributed by atoms with E-state index in [9.17, 15) is 0 Å². The summed E-state index contributed by atoms with van der Waals surface area (Å²) in [5, 5.41) is 0. The predicted molar refractivity (Wildman–Crippen MR) is 54.5 cm³/mol. The Morgan fingerprint density at radius 1 is 1.31 bits per heavy atom. The maximum Gasteiger partial charge on any atom is 0.0875 e. The molecule has 1 nitrogen and oxygen atoms in total.